The molecule has 0 fully saturated rings. The summed E-state index contributed by atoms with van der Waals surface area (Å²) in [5, 5.41) is 15.0. The molecule has 0 aliphatic heterocycles. The van der Waals surface area contributed by atoms with Crippen LogP contribution in [0.2, 0.25) is 0 Å². The quantitative estimate of drug-likeness (QED) is 0.833. The van der Waals surface area contributed by atoms with Crippen LogP contribution in [0.15, 0.2) is 42.5 Å². The summed E-state index contributed by atoms with van der Waals surface area (Å²) < 4.78 is 0. The maximum absolute atomic E-state index is 8.97. The van der Waals surface area contributed by atoms with Gasteiger partial charge in [0, 0.05) is 12.1 Å². The van der Waals surface area contributed by atoms with Gasteiger partial charge >= 0.3 is 0 Å². The van der Waals surface area contributed by atoms with Gasteiger partial charge in [-0.05, 0) is 36.1 Å². The van der Waals surface area contributed by atoms with E-state index in [2.05, 4.69) is 61.6 Å². The summed E-state index contributed by atoms with van der Waals surface area (Å²) in [4.78, 5) is 0. The molecule has 19 heavy (non-hydrogen) atoms. The van der Waals surface area contributed by atoms with Crippen molar-refractivity contribution >= 4 is 10.8 Å². The molecule has 0 aromatic heterocycles. The number of β-amino-alcohol motifs (C(OH)–C–C–N with tert-alkyl or cyclic N) is 1. The monoisotopic (exact) mass is 257 g/mol. The molecule has 0 radical (unpaired) electrons. The molecule has 2 aromatic rings. The average molecular weight is 257 g/mol. The number of hydrogen-bond acceptors (Lipinski definition) is 2. The highest BCUT2D eigenvalue weighted by Crippen LogP contribution is 2.21. The molecule has 0 amide bonds. The molecule has 0 heterocycles. The molecule has 2 rings (SSSR count). The minimum Gasteiger partial charge on any atom is -0.395 e. The maximum Gasteiger partial charge on any atom is 0.0556 e. The maximum atomic E-state index is 8.97. The molecule has 0 saturated carbocycles. The molecule has 2 heteroatoms. The van der Waals surface area contributed by atoms with E-state index in [-0.39, 0.29) is 12.1 Å². The van der Waals surface area contributed by atoms with E-state index in [9.17, 15) is 0 Å². The molecular weight excluding hydrogens is 234 g/mol. The van der Waals surface area contributed by atoms with Crippen LogP contribution in [-0.4, -0.2) is 23.8 Å². The third-order valence-electron chi connectivity index (χ3n) is 3.85. The fourth-order valence-corrected chi connectivity index (χ4v) is 2.47. The number of hydrogen-bond donors (Lipinski definition) is 2. The van der Waals surface area contributed by atoms with Crippen LogP contribution in [0.3, 0.4) is 0 Å². The SMILES string of the molecule is CCC(C)(Cc1ccc2ccccc2c1)NCCO. The van der Waals surface area contributed by atoms with E-state index in [1.807, 2.05) is 0 Å². The molecule has 2 N–H and O–H groups in total. The molecule has 2 nitrogen and oxygen atoms in total. The first-order valence-electron chi connectivity index (χ1n) is 7.00. The first-order valence-corrected chi connectivity index (χ1v) is 7.00. The fraction of sp³-hybridized carbons (Fsp3) is 0.412. The summed E-state index contributed by atoms with van der Waals surface area (Å²) in [6.07, 6.45) is 2.02. The van der Waals surface area contributed by atoms with Crippen molar-refractivity contribution in [1.29, 1.82) is 0 Å². The summed E-state index contributed by atoms with van der Waals surface area (Å²) in [5.74, 6) is 0. The fourth-order valence-electron chi connectivity index (χ4n) is 2.47. The lowest BCUT2D eigenvalue weighted by atomic mass is 9.89. The van der Waals surface area contributed by atoms with Gasteiger partial charge in [0.05, 0.1) is 6.61 Å². The molecule has 0 aliphatic rings. The van der Waals surface area contributed by atoms with Gasteiger partial charge in [-0.2, -0.15) is 0 Å². The predicted molar refractivity (Wildman–Crippen MR) is 81.4 cm³/mol. The summed E-state index contributed by atoms with van der Waals surface area (Å²) in [7, 11) is 0. The van der Waals surface area contributed by atoms with E-state index >= 15 is 0 Å². The highest BCUT2D eigenvalue weighted by atomic mass is 16.3. The Bertz CT molecular complexity index is 538. The van der Waals surface area contributed by atoms with E-state index in [1.54, 1.807) is 0 Å². The number of fused-ring (bicyclic) bond motifs is 1. The number of benzene rings is 2. The van der Waals surface area contributed by atoms with Crippen LogP contribution in [0.1, 0.15) is 25.8 Å². The third kappa shape index (κ3) is 3.55. The second-order valence-corrected chi connectivity index (χ2v) is 5.42. The largest absolute Gasteiger partial charge is 0.395 e. The number of aliphatic hydroxyl groups is 1. The van der Waals surface area contributed by atoms with Crippen LogP contribution in [0.25, 0.3) is 10.8 Å². The van der Waals surface area contributed by atoms with Crippen molar-refractivity contribution < 1.29 is 5.11 Å². The Morgan fingerprint density at radius 1 is 1.11 bits per heavy atom. The Kier molecular flexibility index (Phi) is 4.56. The highest BCUT2D eigenvalue weighted by Gasteiger charge is 2.21. The summed E-state index contributed by atoms with van der Waals surface area (Å²) in [5.41, 5.74) is 1.39. The minimum atomic E-state index is 0.0468. The van der Waals surface area contributed by atoms with Crippen molar-refractivity contribution in [3.63, 3.8) is 0 Å². The lowest BCUT2D eigenvalue weighted by molar-refractivity contribution is 0.254. The second kappa shape index (κ2) is 6.18. The zero-order chi connectivity index (χ0) is 13.7. The molecule has 102 valence electrons. The molecule has 2 aromatic carbocycles. The number of rotatable bonds is 6. The Hall–Kier alpha value is -1.38. The Labute approximate surface area is 115 Å². The Balaban J connectivity index is 2.19. The van der Waals surface area contributed by atoms with Crippen molar-refractivity contribution in [1.82, 2.24) is 5.32 Å². The van der Waals surface area contributed by atoms with E-state index in [0.29, 0.717) is 6.54 Å². The van der Waals surface area contributed by atoms with Gasteiger partial charge < -0.3 is 10.4 Å². The van der Waals surface area contributed by atoms with Gasteiger partial charge in [0.2, 0.25) is 0 Å². The van der Waals surface area contributed by atoms with Gasteiger partial charge in [-0.1, -0.05) is 49.4 Å². The smallest absolute Gasteiger partial charge is 0.0556 e. The van der Waals surface area contributed by atoms with E-state index < -0.39 is 0 Å². The molecule has 0 bridgehead atoms. The van der Waals surface area contributed by atoms with Gasteiger partial charge in [-0.3, -0.25) is 0 Å². The van der Waals surface area contributed by atoms with Crippen molar-refractivity contribution in [3.05, 3.63) is 48.0 Å². The number of aliphatic hydroxyl groups excluding tert-OH is 1. The zero-order valence-corrected chi connectivity index (χ0v) is 11.8. The standard InChI is InChI=1S/C17H23NO/c1-3-17(2,18-10-11-19)13-14-8-9-15-6-4-5-7-16(15)12-14/h4-9,12,18-19H,3,10-11,13H2,1-2H3. The number of nitrogens with one attached hydrogen (secondary N) is 1. The van der Waals surface area contributed by atoms with Gasteiger partial charge in [-0.25, -0.2) is 0 Å². The van der Waals surface area contributed by atoms with Gasteiger partial charge in [0.1, 0.15) is 0 Å². The first-order chi connectivity index (χ1) is 9.17. The molecule has 1 atom stereocenters. The summed E-state index contributed by atoms with van der Waals surface area (Å²) >= 11 is 0. The second-order valence-electron chi connectivity index (χ2n) is 5.42. The van der Waals surface area contributed by atoms with Crippen molar-refractivity contribution in [2.75, 3.05) is 13.2 Å². The average Bonchev–Trinajstić information content (AvgIpc) is 2.45. The lowest BCUT2D eigenvalue weighted by Gasteiger charge is -2.30. The van der Waals surface area contributed by atoms with Crippen molar-refractivity contribution in [2.24, 2.45) is 0 Å². The Morgan fingerprint density at radius 3 is 2.53 bits per heavy atom. The minimum absolute atomic E-state index is 0.0468. The van der Waals surface area contributed by atoms with Gasteiger partial charge in [-0.15, -0.1) is 0 Å². The summed E-state index contributed by atoms with van der Waals surface area (Å²) in [6, 6.07) is 15.1. The van der Waals surface area contributed by atoms with Crippen LogP contribution in [0.4, 0.5) is 0 Å². The highest BCUT2D eigenvalue weighted by molar-refractivity contribution is 5.83. The molecule has 0 aliphatic carbocycles. The third-order valence-corrected chi connectivity index (χ3v) is 3.85. The van der Waals surface area contributed by atoms with Crippen LogP contribution in [0.5, 0.6) is 0 Å². The zero-order valence-electron chi connectivity index (χ0n) is 11.8. The van der Waals surface area contributed by atoms with Gasteiger partial charge in [0.25, 0.3) is 0 Å². The lowest BCUT2D eigenvalue weighted by Crippen LogP contribution is -2.45. The van der Waals surface area contributed by atoms with Crippen LogP contribution >= 0.6 is 0 Å². The summed E-state index contributed by atoms with van der Waals surface area (Å²) in [6.45, 7) is 5.24. The van der Waals surface area contributed by atoms with Gasteiger partial charge in [0.15, 0.2) is 0 Å². The van der Waals surface area contributed by atoms with Crippen molar-refractivity contribution in [3.8, 4) is 0 Å². The predicted octanol–water partition coefficient (Wildman–Crippen LogP) is 3.13. The molecule has 0 spiro atoms. The topological polar surface area (TPSA) is 32.3 Å². The van der Waals surface area contributed by atoms with Crippen molar-refractivity contribution in [2.45, 2.75) is 32.2 Å². The van der Waals surface area contributed by atoms with Crippen LogP contribution in [0, 0.1) is 0 Å². The van der Waals surface area contributed by atoms with E-state index in [0.717, 1.165) is 12.8 Å². The molecule has 0 saturated heterocycles. The first kappa shape index (κ1) is 14.0. The normalized spacial score (nSPS) is 14.5. The van der Waals surface area contributed by atoms with Crippen LogP contribution < -0.4 is 5.32 Å². The molecule has 1 unspecified atom stereocenters. The molecular formula is C17H23NO. The Morgan fingerprint density at radius 2 is 1.84 bits per heavy atom. The van der Waals surface area contributed by atoms with E-state index in [1.165, 1.54) is 16.3 Å². The van der Waals surface area contributed by atoms with E-state index in [4.69, 9.17) is 5.11 Å². The van der Waals surface area contributed by atoms with Crippen LogP contribution in [-0.2, 0) is 6.42 Å².